The SMILES string of the molecule is CCCCc1c(C)c(-c2ccccc2)c(C(=O)O)c(O)c1O. The number of benzene rings is 2. The minimum Gasteiger partial charge on any atom is -0.504 e. The largest absolute Gasteiger partial charge is 0.504 e. The van der Waals surface area contributed by atoms with Gasteiger partial charge in [0.05, 0.1) is 0 Å². The van der Waals surface area contributed by atoms with E-state index in [1.165, 1.54) is 0 Å². The molecule has 2 aromatic rings. The average molecular weight is 300 g/mol. The first kappa shape index (κ1) is 15.9. The fourth-order valence-corrected chi connectivity index (χ4v) is 2.73. The van der Waals surface area contributed by atoms with Crippen LogP contribution in [0.4, 0.5) is 0 Å². The number of aromatic carboxylic acids is 1. The van der Waals surface area contributed by atoms with Crippen LogP contribution in [-0.4, -0.2) is 21.3 Å². The lowest BCUT2D eigenvalue weighted by Crippen LogP contribution is -2.05. The lowest BCUT2D eigenvalue weighted by atomic mass is 9.88. The molecule has 0 amide bonds. The van der Waals surface area contributed by atoms with E-state index in [-0.39, 0.29) is 11.3 Å². The highest BCUT2D eigenvalue weighted by atomic mass is 16.4. The lowest BCUT2D eigenvalue weighted by molar-refractivity contribution is 0.0693. The van der Waals surface area contributed by atoms with E-state index < -0.39 is 11.7 Å². The smallest absolute Gasteiger partial charge is 0.340 e. The number of carboxylic acid groups (broad SMARTS) is 1. The third-order valence-electron chi connectivity index (χ3n) is 3.88. The molecule has 0 aliphatic carbocycles. The van der Waals surface area contributed by atoms with Gasteiger partial charge < -0.3 is 15.3 Å². The van der Waals surface area contributed by atoms with Crippen LogP contribution < -0.4 is 0 Å². The quantitative estimate of drug-likeness (QED) is 0.726. The molecule has 0 aliphatic rings. The summed E-state index contributed by atoms with van der Waals surface area (Å²) in [5.41, 5.74) is 2.25. The molecule has 2 aromatic carbocycles. The van der Waals surface area contributed by atoms with Gasteiger partial charge in [-0.2, -0.15) is 0 Å². The van der Waals surface area contributed by atoms with Crippen LogP contribution >= 0.6 is 0 Å². The van der Waals surface area contributed by atoms with Crippen molar-refractivity contribution in [1.29, 1.82) is 0 Å². The molecular formula is C18H20O4. The average Bonchev–Trinajstić information content (AvgIpc) is 2.51. The van der Waals surface area contributed by atoms with Crippen molar-refractivity contribution in [3.8, 4) is 22.6 Å². The molecule has 2 rings (SSSR count). The minimum atomic E-state index is -1.25. The van der Waals surface area contributed by atoms with Gasteiger partial charge in [0.2, 0.25) is 0 Å². The number of rotatable bonds is 5. The summed E-state index contributed by atoms with van der Waals surface area (Å²) in [7, 11) is 0. The number of aromatic hydroxyl groups is 2. The van der Waals surface area contributed by atoms with E-state index in [2.05, 4.69) is 0 Å². The number of carboxylic acids is 1. The molecule has 116 valence electrons. The van der Waals surface area contributed by atoms with E-state index in [0.717, 1.165) is 12.8 Å². The second kappa shape index (κ2) is 6.52. The molecule has 4 nitrogen and oxygen atoms in total. The highest BCUT2D eigenvalue weighted by molar-refractivity contribution is 6.01. The zero-order valence-corrected chi connectivity index (χ0v) is 12.8. The molecule has 4 heteroatoms. The van der Waals surface area contributed by atoms with Gasteiger partial charge in [-0.15, -0.1) is 0 Å². The van der Waals surface area contributed by atoms with Gasteiger partial charge in [0.25, 0.3) is 0 Å². The molecule has 0 aromatic heterocycles. The molecular weight excluding hydrogens is 280 g/mol. The van der Waals surface area contributed by atoms with E-state index in [4.69, 9.17) is 0 Å². The number of carbonyl (C=O) groups is 1. The summed E-state index contributed by atoms with van der Waals surface area (Å²) in [6.07, 6.45) is 2.40. The van der Waals surface area contributed by atoms with Crippen molar-refractivity contribution in [1.82, 2.24) is 0 Å². The monoisotopic (exact) mass is 300 g/mol. The Balaban J connectivity index is 2.79. The maximum absolute atomic E-state index is 11.6. The molecule has 0 atom stereocenters. The van der Waals surface area contributed by atoms with Crippen molar-refractivity contribution in [2.24, 2.45) is 0 Å². The Hall–Kier alpha value is -2.49. The van der Waals surface area contributed by atoms with Gasteiger partial charge in [0.1, 0.15) is 5.56 Å². The van der Waals surface area contributed by atoms with Crippen LogP contribution in [0.1, 0.15) is 41.3 Å². The molecule has 0 bridgehead atoms. The number of unbranched alkanes of at least 4 members (excludes halogenated alkanes) is 1. The van der Waals surface area contributed by atoms with Crippen LogP contribution in [0.5, 0.6) is 11.5 Å². The normalized spacial score (nSPS) is 10.6. The van der Waals surface area contributed by atoms with Crippen LogP contribution in [0.15, 0.2) is 30.3 Å². The van der Waals surface area contributed by atoms with Crippen LogP contribution in [-0.2, 0) is 6.42 Å². The van der Waals surface area contributed by atoms with Crippen LogP contribution in [0.2, 0.25) is 0 Å². The summed E-state index contributed by atoms with van der Waals surface area (Å²) >= 11 is 0. The Labute approximate surface area is 129 Å². The first-order valence-electron chi connectivity index (χ1n) is 7.35. The van der Waals surface area contributed by atoms with Crippen molar-refractivity contribution in [2.75, 3.05) is 0 Å². The number of hydrogen-bond acceptors (Lipinski definition) is 3. The number of phenolic OH excluding ortho intramolecular Hbond substituents is 1. The van der Waals surface area contributed by atoms with Gasteiger partial charge in [-0.1, -0.05) is 43.7 Å². The van der Waals surface area contributed by atoms with E-state index in [0.29, 0.717) is 28.7 Å². The van der Waals surface area contributed by atoms with Gasteiger partial charge in [-0.25, -0.2) is 4.79 Å². The molecule has 0 spiro atoms. The summed E-state index contributed by atoms with van der Waals surface area (Å²) in [5.74, 6) is -2.12. The second-order valence-electron chi connectivity index (χ2n) is 5.33. The van der Waals surface area contributed by atoms with Crippen molar-refractivity contribution < 1.29 is 20.1 Å². The number of hydrogen-bond donors (Lipinski definition) is 3. The van der Waals surface area contributed by atoms with Crippen molar-refractivity contribution >= 4 is 5.97 Å². The molecule has 0 fully saturated rings. The Kier molecular flexibility index (Phi) is 4.71. The standard InChI is InChI=1S/C18H20O4/c1-3-4-10-13-11(2)14(12-8-6-5-7-9-12)15(18(21)22)17(20)16(13)19/h5-9,19-20H,3-4,10H2,1-2H3,(H,21,22). The van der Waals surface area contributed by atoms with Crippen molar-refractivity contribution in [2.45, 2.75) is 33.1 Å². The topological polar surface area (TPSA) is 77.8 Å². The molecule has 0 aliphatic heterocycles. The summed E-state index contributed by atoms with van der Waals surface area (Å²) < 4.78 is 0. The first-order chi connectivity index (χ1) is 10.5. The zero-order chi connectivity index (χ0) is 16.3. The van der Waals surface area contributed by atoms with E-state index in [1.807, 2.05) is 25.1 Å². The summed E-state index contributed by atoms with van der Waals surface area (Å²) in [6, 6.07) is 9.08. The Bertz CT molecular complexity index is 690. The fraction of sp³-hybridized carbons (Fsp3) is 0.278. The van der Waals surface area contributed by atoms with Gasteiger partial charge in [-0.3, -0.25) is 0 Å². The molecule has 0 saturated carbocycles. The predicted molar refractivity (Wildman–Crippen MR) is 85.5 cm³/mol. The Morgan fingerprint density at radius 2 is 1.73 bits per heavy atom. The van der Waals surface area contributed by atoms with Crippen LogP contribution in [0.25, 0.3) is 11.1 Å². The second-order valence-corrected chi connectivity index (χ2v) is 5.33. The summed E-state index contributed by atoms with van der Waals surface area (Å²) in [5, 5.41) is 29.8. The van der Waals surface area contributed by atoms with Crippen LogP contribution in [0, 0.1) is 6.92 Å². The van der Waals surface area contributed by atoms with Gasteiger partial charge in [0, 0.05) is 11.1 Å². The predicted octanol–water partition coefficient (Wildman–Crippen LogP) is 4.11. The zero-order valence-electron chi connectivity index (χ0n) is 12.8. The summed E-state index contributed by atoms with van der Waals surface area (Å²) in [6.45, 7) is 3.83. The van der Waals surface area contributed by atoms with Crippen molar-refractivity contribution in [3.05, 3.63) is 47.0 Å². The van der Waals surface area contributed by atoms with Crippen molar-refractivity contribution in [3.63, 3.8) is 0 Å². The molecule has 0 unspecified atom stereocenters. The van der Waals surface area contributed by atoms with Gasteiger partial charge in [-0.05, 0) is 30.9 Å². The Morgan fingerprint density at radius 1 is 1.09 bits per heavy atom. The minimum absolute atomic E-state index is 0.249. The third kappa shape index (κ3) is 2.77. The first-order valence-corrected chi connectivity index (χ1v) is 7.35. The summed E-state index contributed by atoms with van der Waals surface area (Å²) in [4.78, 5) is 11.6. The molecule has 0 saturated heterocycles. The van der Waals surface area contributed by atoms with E-state index in [1.54, 1.807) is 19.1 Å². The maximum Gasteiger partial charge on any atom is 0.340 e. The highest BCUT2D eigenvalue weighted by Gasteiger charge is 2.25. The maximum atomic E-state index is 11.6. The van der Waals surface area contributed by atoms with Gasteiger partial charge >= 0.3 is 5.97 Å². The number of phenols is 2. The Morgan fingerprint density at radius 3 is 2.27 bits per heavy atom. The van der Waals surface area contributed by atoms with Gasteiger partial charge in [0.15, 0.2) is 11.5 Å². The van der Waals surface area contributed by atoms with E-state index in [9.17, 15) is 20.1 Å². The lowest BCUT2D eigenvalue weighted by Gasteiger charge is -2.18. The molecule has 3 N–H and O–H groups in total. The highest BCUT2D eigenvalue weighted by Crippen LogP contribution is 2.43. The van der Waals surface area contributed by atoms with Crippen LogP contribution in [0.3, 0.4) is 0 Å². The van der Waals surface area contributed by atoms with E-state index >= 15 is 0 Å². The fourth-order valence-electron chi connectivity index (χ4n) is 2.73. The third-order valence-corrected chi connectivity index (χ3v) is 3.88. The molecule has 0 heterocycles. The molecule has 22 heavy (non-hydrogen) atoms. The molecule has 0 radical (unpaired) electrons.